The molecule has 25 heavy (non-hydrogen) atoms. The fraction of sp³-hybridized carbons (Fsp3) is 0.400. The SMILES string of the molecule is C[C@@H]1CCN(C(=O)N[C@@H](Cc2ccccn2)c2ccccc2)[C@@H]1CO. The zero-order valence-corrected chi connectivity index (χ0v) is 14.5. The number of nitrogens with zero attached hydrogens (tertiary/aromatic N) is 2. The molecule has 1 saturated heterocycles. The van der Waals surface area contributed by atoms with Gasteiger partial charge >= 0.3 is 6.03 Å². The molecule has 0 spiro atoms. The molecule has 5 nitrogen and oxygen atoms in total. The average Bonchev–Trinajstić information content (AvgIpc) is 3.03. The molecular formula is C20H25N3O2. The summed E-state index contributed by atoms with van der Waals surface area (Å²) in [4.78, 5) is 19.0. The molecule has 2 N–H and O–H groups in total. The molecule has 1 aliphatic rings. The third-order valence-corrected chi connectivity index (χ3v) is 4.97. The Morgan fingerprint density at radius 1 is 1.28 bits per heavy atom. The van der Waals surface area contributed by atoms with Gasteiger partial charge in [0.2, 0.25) is 0 Å². The van der Waals surface area contributed by atoms with Gasteiger partial charge in [0.15, 0.2) is 0 Å². The normalized spacial score (nSPS) is 21.1. The Morgan fingerprint density at radius 3 is 2.72 bits per heavy atom. The molecule has 0 aliphatic carbocycles. The number of urea groups is 1. The van der Waals surface area contributed by atoms with Crippen molar-refractivity contribution >= 4 is 6.03 Å². The van der Waals surface area contributed by atoms with E-state index in [0.29, 0.717) is 18.9 Å². The van der Waals surface area contributed by atoms with Crippen LogP contribution in [-0.4, -0.2) is 40.2 Å². The van der Waals surface area contributed by atoms with E-state index >= 15 is 0 Å². The van der Waals surface area contributed by atoms with Gasteiger partial charge in [-0.1, -0.05) is 43.3 Å². The quantitative estimate of drug-likeness (QED) is 0.880. The lowest BCUT2D eigenvalue weighted by molar-refractivity contribution is 0.141. The predicted molar refractivity (Wildman–Crippen MR) is 97.0 cm³/mol. The van der Waals surface area contributed by atoms with Gasteiger partial charge in [-0.05, 0) is 30.0 Å². The molecule has 2 amide bonds. The number of benzene rings is 1. The molecule has 1 aliphatic heterocycles. The Hall–Kier alpha value is -2.40. The number of likely N-dealkylation sites (tertiary alicyclic amines) is 1. The van der Waals surface area contributed by atoms with Gasteiger partial charge in [-0.2, -0.15) is 0 Å². The lowest BCUT2D eigenvalue weighted by atomic mass is 10.0. The van der Waals surface area contributed by atoms with E-state index in [-0.39, 0.29) is 24.7 Å². The van der Waals surface area contributed by atoms with Gasteiger partial charge in [0, 0.05) is 24.9 Å². The molecule has 1 aromatic carbocycles. The molecule has 0 unspecified atom stereocenters. The fourth-order valence-electron chi connectivity index (χ4n) is 3.44. The number of hydrogen-bond donors (Lipinski definition) is 2. The number of nitrogens with one attached hydrogen (secondary N) is 1. The first kappa shape index (κ1) is 17.4. The van der Waals surface area contributed by atoms with Crippen LogP contribution in [-0.2, 0) is 6.42 Å². The maximum absolute atomic E-state index is 12.8. The molecule has 1 aromatic heterocycles. The topological polar surface area (TPSA) is 65.5 Å². The van der Waals surface area contributed by atoms with Crippen LogP contribution in [0.3, 0.4) is 0 Å². The number of pyridine rings is 1. The van der Waals surface area contributed by atoms with E-state index in [1.807, 2.05) is 48.5 Å². The van der Waals surface area contributed by atoms with Crippen LogP contribution >= 0.6 is 0 Å². The highest BCUT2D eigenvalue weighted by atomic mass is 16.3. The lowest BCUT2D eigenvalue weighted by Crippen LogP contribution is -2.47. The predicted octanol–water partition coefficient (Wildman–Crippen LogP) is 2.78. The number of carbonyl (C=O) groups is 1. The summed E-state index contributed by atoms with van der Waals surface area (Å²) >= 11 is 0. The minimum atomic E-state index is -0.154. The smallest absolute Gasteiger partial charge is 0.318 e. The number of aliphatic hydroxyl groups excluding tert-OH is 1. The zero-order valence-electron chi connectivity index (χ0n) is 14.5. The van der Waals surface area contributed by atoms with E-state index in [0.717, 1.165) is 17.7 Å². The highest BCUT2D eigenvalue weighted by Gasteiger charge is 2.34. The Bertz CT molecular complexity index is 678. The van der Waals surface area contributed by atoms with Crippen LogP contribution in [0.15, 0.2) is 54.7 Å². The number of amides is 2. The summed E-state index contributed by atoms with van der Waals surface area (Å²) in [5, 5.41) is 12.8. The maximum atomic E-state index is 12.8. The zero-order chi connectivity index (χ0) is 17.6. The Morgan fingerprint density at radius 2 is 2.04 bits per heavy atom. The lowest BCUT2D eigenvalue weighted by Gasteiger charge is -2.28. The third-order valence-electron chi connectivity index (χ3n) is 4.97. The van der Waals surface area contributed by atoms with Crippen LogP contribution in [0.1, 0.15) is 30.6 Å². The molecule has 0 bridgehead atoms. The van der Waals surface area contributed by atoms with Crippen molar-refractivity contribution in [2.24, 2.45) is 5.92 Å². The van der Waals surface area contributed by atoms with Crippen LogP contribution in [0, 0.1) is 5.92 Å². The van der Waals surface area contributed by atoms with E-state index in [9.17, 15) is 9.90 Å². The summed E-state index contributed by atoms with van der Waals surface area (Å²) in [5.74, 6) is 0.321. The highest BCUT2D eigenvalue weighted by molar-refractivity contribution is 5.75. The Labute approximate surface area is 148 Å². The molecule has 5 heteroatoms. The summed E-state index contributed by atoms with van der Waals surface area (Å²) in [5.41, 5.74) is 1.99. The minimum Gasteiger partial charge on any atom is -0.394 e. The van der Waals surface area contributed by atoms with Gasteiger partial charge in [0.1, 0.15) is 0 Å². The van der Waals surface area contributed by atoms with Crippen LogP contribution in [0.2, 0.25) is 0 Å². The molecule has 132 valence electrons. The van der Waals surface area contributed by atoms with E-state index in [4.69, 9.17) is 0 Å². The van der Waals surface area contributed by atoms with Crippen molar-refractivity contribution < 1.29 is 9.90 Å². The maximum Gasteiger partial charge on any atom is 0.318 e. The number of carbonyl (C=O) groups excluding carboxylic acids is 1. The van der Waals surface area contributed by atoms with Crippen molar-refractivity contribution in [3.63, 3.8) is 0 Å². The minimum absolute atomic E-state index is 0.00479. The van der Waals surface area contributed by atoms with E-state index in [1.54, 1.807) is 11.1 Å². The van der Waals surface area contributed by atoms with Crippen molar-refractivity contribution in [3.8, 4) is 0 Å². The van der Waals surface area contributed by atoms with Crippen molar-refractivity contribution in [3.05, 3.63) is 66.0 Å². The summed E-state index contributed by atoms with van der Waals surface area (Å²) < 4.78 is 0. The second-order valence-corrected chi connectivity index (χ2v) is 6.65. The molecule has 3 atom stereocenters. The number of rotatable bonds is 5. The third kappa shape index (κ3) is 4.17. The Kier molecular flexibility index (Phi) is 5.66. The second-order valence-electron chi connectivity index (χ2n) is 6.65. The largest absolute Gasteiger partial charge is 0.394 e. The van der Waals surface area contributed by atoms with Gasteiger partial charge < -0.3 is 15.3 Å². The monoisotopic (exact) mass is 339 g/mol. The second kappa shape index (κ2) is 8.12. The summed E-state index contributed by atoms with van der Waals surface area (Å²) in [7, 11) is 0. The Balaban J connectivity index is 1.77. The van der Waals surface area contributed by atoms with Crippen LogP contribution < -0.4 is 5.32 Å². The van der Waals surface area contributed by atoms with Crippen molar-refractivity contribution in [1.82, 2.24) is 15.2 Å². The summed E-state index contributed by atoms with van der Waals surface area (Å²) in [6.07, 6.45) is 3.32. The summed E-state index contributed by atoms with van der Waals surface area (Å²) in [6.45, 7) is 2.77. The van der Waals surface area contributed by atoms with Crippen molar-refractivity contribution in [2.45, 2.75) is 31.8 Å². The molecule has 2 aromatic rings. The van der Waals surface area contributed by atoms with Crippen LogP contribution in [0.5, 0.6) is 0 Å². The van der Waals surface area contributed by atoms with E-state index in [2.05, 4.69) is 17.2 Å². The van der Waals surface area contributed by atoms with Gasteiger partial charge in [0.05, 0.1) is 18.7 Å². The van der Waals surface area contributed by atoms with E-state index < -0.39 is 0 Å². The first-order valence-corrected chi connectivity index (χ1v) is 8.82. The molecule has 2 heterocycles. The van der Waals surface area contributed by atoms with Crippen molar-refractivity contribution in [1.29, 1.82) is 0 Å². The molecule has 3 rings (SSSR count). The van der Waals surface area contributed by atoms with Crippen LogP contribution in [0.4, 0.5) is 4.79 Å². The van der Waals surface area contributed by atoms with Gasteiger partial charge in [-0.3, -0.25) is 4.98 Å². The van der Waals surface area contributed by atoms with E-state index in [1.165, 1.54) is 0 Å². The standard InChI is InChI=1S/C20H25N3O2/c1-15-10-12-23(19(15)14-24)20(25)22-18(16-7-3-2-4-8-16)13-17-9-5-6-11-21-17/h2-9,11,15,18-19,24H,10,12-14H2,1H3,(H,22,25)/t15-,18+,19-/m1/s1. The number of aromatic nitrogens is 1. The fourth-order valence-corrected chi connectivity index (χ4v) is 3.44. The summed E-state index contributed by atoms with van der Waals surface area (Å²) in [6, 6.07) is 15.4. The highest BCUT2D eigenvalue weighted by Crippen LogP contribution is 2.25. The van der Waals surface area contributed by atoms with Crippen LogP contribution in [0.25, 0.3) is 0 Å². The average molecular weight is 339 g/mol. The molecule has 0 saturated carbocycles. The van der Waals surface area contributed by atoms with Gasteiger partial charge in [-0.25, -0.2) is 4.79 Å². The first-order chi connectivity index (χ1) is 12.2. The van der Waals surface area contributed by atoms with Gasteiger partial charge in [0.25, 0.3) is 0 Å². The first-order valence-electron chi connectivity index (χ1n) is 8.82. The van der Waals surface area contributed by atoms with Gasteiger partial charge in [-0.15, -0.1) is 0 Å². The molecular weight excluding hydrogens is 314 g/mol. The number of hydrogen-bond acceptors (Lipinski definition) is 3. The van der Waals surface area contributed by atoms with Crippen molar-refractivity contribution in [2.75, 3.05) is 13.2 Å². The molecule has 0 radical (unpaired) electrons. The number of aliphatic hydroxyl groups is 1. The molecule has 1 fully saturated rings.